The van der Waals surface area contributed by atoms with Gasteiger partial charge in [-0.05, 0) is 35.2 Å². The molecule has 0 atom stereocenters. The summed E-state index contributed by atoms with van der Waals surface area (Å²) in [6.07, 6.45) is 0. The Morgan fingerprint density at radius 1 is 1.10 bits per heavy atom. The fourth-order valence-electron chi connectivity index (χ4n) is 3.50. The van der Waals surface area contributed by atoms with Crippen LogP contribution in [-0.2, 0) is 21.5 Å². The fraction of sp³-hybridized carbons (Fsp3) is 0.455. The number of benzene rings is 1. The number of amides is 2. The van der Waals surface area contributed by atoms with Crippen LogP contribution in [0.1, 0.15) is 42.6 Å². The van der Waals surface area contributed by atoms with Gasteiger partial charge in [-0.1, -0.05) is 26.8 Å². The molecular weight excluding hydrogens is 372 g/mol. The maximum absolute atomic E-state index is 12.6. The van der Waals surface area contributed by atoms with E-state index in [2.05, 4.69) is 20.8 Å². The largest absolute Gasteiger partial charge is 0.482 e. The van der Waals surface area contributed by atoms with Crippen molar-refractivity contribution in [3.8, 4) is 5.75 Å². The molecule has 2 aliphatic rings. The van der Waals surface area contributed by atoms with Crippen molar-refractivity contribution >= 4 is 17.5 Å². The predicted octanol–water partition coefficient (Wildman–Crippen LogP) is 2.98. The molecule has 29 heavy (non-hydrogen) atoms. The van der Waals surface area contributed by atoms with Gasteiger partial charge in [0.15, 0.2) is 12.4 Å². The molecule has 7 nitrogen and oxygen atoms in total. The third-order valence-electron chi connectivity index (χ3n) is 5.25. The number of carbonyl (C=O) groups is 2. The Hall–Kier alpha value is -2.80. The van der Waals surface area contributed by atoms with E-state index in [1.807, 2.05) is 18.2 Å². The number of anilines is 1. The molecule has 3 heterocycles. The highest BCUT2D eigenvalue weighted by atomic mass is 16.5. The van der Waals surface area contributed by atoms with Gasteiger partial charge in [-0.2, -0.15) is 0 Å². The van der Waals surface area contributed by atoms with Gasteiger partial charge in [-0.15, -0.1) is 0 Å². The molecule has 0 unspecified atom stereocenters. The third-order valence-corrected chi connectivity index (χ3v) is 5.25. The maximum Gasteiger partial charge on any atom is 0.289 e. The summed E-state index contributed by atoms with van der Waals surface area (Å²) >= 11 is 0. The number of rotatable bonds is 3. The minimum Gasteiger partial charge on any atom is -0.482 e. The standard InChI is InChI=1S/C22H26N2O5/c1-22(2,3)15-4-6-18-17(12-15)24(20(25)14-28-18)13-16-5-7-19(29-16)21(26)23-8-10-27-11-9-23/h4-7,12H,8-11,13-14H2,1-3H3. The molecular formula is C22H26N2O5. The molecule has 4 rings (SSSR count). The van der Waals surface area contributed by atoms with Crippen LogP contribution in [0.3, 0.4) is 0 Å². The van der Waals surface area contributed by atoms with Gasteiger partial charge in [0.1, 0.15) is 11.5 Å². The van der Waals surface area contributed by atoms with E-state index in [0.717, 1.165) is 11.3 Å². The van der Waals surface area contributed by atoms with Crippen molar-refractivity contribution in [2.75, 3.05) is 37.8 Å². The first-order valence-electron chi connectivity index (χ1n) is 9.86. The summed E-state index contributed by atoms with van der Waals surface area (Å²) in [5, 5.41) is 0. The highest BCUT2D eigenvalue weighted by Crippen LogP contribution is 2.37. The first kappa shape index (κ1) is 19.5. The van der Waals surface area contributed by atoms with E-state index >= 15 is 0 Å². The number of carbonyl (C=O) groups excluding carboxylic acids is 2. The van der Waals surface area contributed by atoms with Crippen molar-refractivity contribution < 1.29 is 23.5 Å². The summed E-state index contributed by atoms with van der Waals surface area (Å²) in [5.74, 6) is 1.23. The number of hydrogen-bond acceptors (Lipinski definition) is 5. The van der Waals surface area contributed by atoms with Gasteiger partial charge in [0.25, 0.3) is 11.8 Å². The lowest BCUT2D eigenvalue weighted by Gasteiger charge is -2.31. The zero-order chi connectivity index (χ0) is 20.6. The van der Waals surface area contributed by atoms with E-state index in [1.54, 1.807) is 21.9 Å². The Balaban J connectivity index is 1.56. The molecule has 0 N–H and O–H groups in total. The Morgan fingerprint density at radius 2 is 1.86 bits per heavy atom. The molecule has 154 valence electrons. The van der Waals surface area contributed by atoms with Crippen molar-refractivity contribution in [1.29, 1.82) is 0 Å². The minimum atomic E-state index is -0.150. The number of furan rings is 1. The summed E-state index contributed by atoms with van der Waals surface area (Å²) in [4.78, 5) is 28.6. The van der Waals surface area contributed by atoms with E-state index in [-0.39, 0.29) is 36.1 Å². The van der Waals surface area contributed by atoms with Crippen molar-refractivity contribution in [2.45, 2.75) is 32.7 Å². The van der Waals surface area contributed by atoms with E-state index in [0.29, 0.717) is 37.8 Å². The summed E-state index contributed by atoms with van der Waals surface area (Å²) < 4.78 is 16.7. The molecule has 1 aromatic carbocycles. The second kappa shape index (κ2) is 7.55. The number of nitrogens with zero attached hydrogens (tertiary/aromatic N) is 2. The van der Waals surface area contributed by atoms with E-state index in [9.17, 15) is 9.59 Å². The highest BCUT2D eigenvalue weighted by Gasteiger charge is 2.29. The molecule has 0 spiro atoms. The van der Waals surface area contributed by atoms with Crippen LogP contribution in [0.15, 0.2) is 34.7 Å². The topological polar surface area (TPSA) is 72.2 Å². The Bertz CT molecular complexity index is 922. The van der Waals surface area contributed by atoms with Gasteiger partial charge in [-0.25, -0.2) is 0 Å². The van der Waals surface area contributed by atoms with Crippen LogP contribution < -0.4 is 9.64 Å². The Morgan fingerprint density at radius 3 is 2.59 bits per heavy atom. The smallest absolute Gasteiger partial charge is 0.289 e. The average Bonchev–Trinajstić information content (AvgIpc) is 3.18. The third kappa shape index (κ3) is 4.00. The molecule has 0 saturated carbocycles. The van der Waals surface area contributed by atoms with Crippen molar-refractivity contribution in [2.24, 2.45) is 0 Å². The van der Waals surface area contributed by atoms with Crippen molar-refractivity contribution in [3.05, 3.63) is 47.4 Å². The van der Waals surface area contributed by atoms with Crippen molar-refractivity contribution in [1.82, 2.24) is 4.90 Å². The van der Waals surface area contributed by atoms with Crippen LogP contribution in [0.25, 0.3) is 0 Å². The van der Waals surface area contributed by atoms with Crippen LogP contribution in [0, 0.1) is 0 Å². The molecule has 7 heteroatoms. The molecule has 2 amide bonds. The number of ether oxygens (including phenoxy) is 2. The molecule has 0 bridgehead atoms. The normalized spacial score (nSPS) is 17.1. The van der Waals surface area contributed by atoms with Gasteiger partial charge < -0.3 is 18.8 Å². The number of morpholine rings is 1. The number of hydrogen-bond donors (Lipinski definition) is 0. The first-order chi connectivity index (χ1) is 13.8. The average molecular weight is 398 g/mol. The van der Waals surface area contributed by atoms with E-state index in [1.165, 1.54) is 0 Å². The molecule has 0 aliphatic carbocycles. The Labute approximate surface area is 170 Å². The van der Waals surface area contributed by atoms with Crippen LogP contribution >= 0.6 is 0 Å². The quantitative estimate of drug-likeness (QED) is 0.795. The van der Waals surface area contributed by atoms with Gasteiger partial charge in [0.05, 0.1) is 25.4 Å². The second-order valence-corrected chi connectivity index (χ2v) is 8.37. The lowest BCUT2D eigenvalue weighted by atomic mass is 9.86. The summed E-state index contributed by atoms with van der Waals surface area (Å²) in [5.41, 5.74) is 1.79. The summed E-state index contributed by atoms with van der Waals surface area (Å²) in [7, 11) is 0. The second-order valence-electron chi connectivity index (χ2n) is 8.37. The van der Waals surface area contributed by atoms with Gasteiger partial charge in [0.2, 0.25) is 0 Å². The molecule has 0 radical (unpaired) electrons. The fourth-order valence-corrected chi connectivity index (χ4v) is 3.50. The van der Waals surface area contributed by atoms with Crippen LogP contribution in [0.2, 0.25) is 0 Å². The van der Waals surface area contributed by atoms with Gasteiger partial charge in [0, 0.05) is 13.1 Å². The predicted molar refractivity (Wildman–Crippen MR) is 107 cm³/mol. The lowest BCUT2D eigenvalue weighted by molar-refractivity contribution is -0.121. The molecule has 1 saturated heterocycles. The molecule has 1 aromatic heterocycles. The van der Waals surface area contributed by atoms with Crippen molar-refractivity contribution in [3.63, 3.8) is 0 Å². The zero-order valence-corrected chi connectivity index (χ0v) is 17.1. The SMILES string of the molecule is CC(C)(C)c1ccc2c(c1)N(Cc1ccc(C(=O)N3CCOCC3)o1)C(=O)CO2. The number of fused-ring (bicyclic) bond motifs is 1. The van der Waals surface area contributed by atoms with E-state index < -0.39 is 0 Å². The molecule has 1 fully saturated rings. The minimum absolute atomic E-state index is 0.0118. The zero-order valence-electron chi connectivity index (χ0n) is 17.1. The van der Waals surface area contributed by atoms with Gasteiger partial charge in [-0.3, -0.25) is 14.5 Å². The van der Waals surface area contributed by atoms with Crippen LogP contribution in [-0.4, -0.2) is 49.6 Å². The lowest BCUT2D eigenvalue weighted by Crippen LogP contribution is -2.40. The van der Waals surface area contributed by atoms with Crippen LogP contribution in [0.5, 0.6) is 5.75 Å². The monoisotopic (exact) mass is 398 g/mol. The maximum atomic E-state index is 12.6. The molecule has 2 aliphatic heterocycles. The van der Waals surface area contributed by atoms with E-state index in [4.69, 9.17) is 13.9 Å². The highest BCUT2D eigenvalue weighted by molar-refractivity contribution is 5.98. The van der Waals surface area contributed by atoms with Crippen LogP contribution in [0.4, 0.5) is 5.69 Å². The van der Waals surface area contributed by atoms with Gasteiger partial charge >= 0.3 is 0 Å². The molecule has 2 aromatic rings. The summed E-state index contributed by atoms with van der Waals surface area (Å²) in [6, 6.07) is 9.35. The Kier molecular flexibility index (Phi) is 5.08. The first-order valence-corrected chi connectivity index (χ1v) is 9.86. The summed E-state index contributed by atoms with van der Waals surface area (Å²) in [6.45, 7) is 8.80.